The molecule has 0 aliphatic heterocycles. The zero-order chi connectivity index (χ0) is 26.8. The first-order valence-electron chi connectivity index (χ1n) is 15.6. The van der Waals surface area contributed by atoms with E-state index in [1.54, 1.807) is 18.2 Å². The Morgan fingerprint density at radius 2 is 1.84 bits per heavy atom. The molecule has 1 aromatic rings. The van der Waals surface area contributed by atoms with Gasteiger partial charge in [-0.1, -0.05) is 25.5 Å². The van der Waals surface area contributed by atoms with Crippen LogP contribution in [0.2, 0.25) is 0 Å². The van der Waals surface area contributed by atoms with E-state index in [9.17, 15) is 4.79 Å². The topological polar surface area (TPSA) is 78.3 Å². The fourth-order valence-electron chi connectivity index (χ4n) is 11.2. The summed E-state index contributed by atoms with van der Waals surface area (Å²) in [6.07, 6.45) is 16.9. The van der Waals surface area contributed by atoms with Gasteiger partial charge in [0.15, 0.2) is 0 Å². The van der Waals surface area contributed by atoms with Crippen molar-refractivity contribution in [3.63, 3.8) is 0 Å². The van der Waals surface area contributed by atoms with Gasteiger partial charge in [-0.25, -0.2) is 4.79 Å². The highest BCUT2D eigenvalue weighted by atomic mass is 16.5. The van der Waals surface area contributed by atoms with Gasteiger partial charge in [0.05, 0.1) is 5.56 Å². The minimum absolute atomic E-state index is 0.0303. The largest absolute Gasteiger partial charge is 0.459 e. The summed E-state index contributed by atoms with van der Waals surface area (Å²) in [5.74, 6) is 5.94. The summed E-state index contributed by atoms with van der Waals surface area (Å²) in [7, 11) is 0. The molecular weight excluding hydrogens is 468 g/mol. The van der Waals surface area contributed by atoms with Crippen LogP contribution in [-0.4, -0.2) is 12.1 Å². The fraction of sp³-hybridized carbons (Fsp3) is 0.735. The maximum Gasteiger partial charge on any atom is 0.338 e. The van der Waals surface area contributed by atoms with Gasteiger partial charge >= 0.3 is 5.97 Å². The van der Waals surface area contributed by atoms with Crippen molar-refractivity contribution in [2.45, 2.75) is 104 Å². The Hall–Kier alpha value is -1.97. The van der Waals surface area contributed by atoms with Crippen LogP contribution in [0.1, 0.15) is 109 Å². The SMILES string of the molecule is CC(C)=CCCC(C)C1CCC2C3CCC4CC(OC(=O)c5cc(N)cc(N)c5)CCC45CC(CC12C)C35. The lowest BCUT2D eigenvalue weighted by Crippen LogP contribution is -2.65. The minimum Gasteiger partial charge on any atom is -0.459 e. The fourth-order valence-corrected chi connectivity index (χ4v) is 11.2. The maximum atomic E-state index is 12.9. The molecule has 5 aliphatic carbocycles. The molecule has 10 atom stereocenters. The van der Waals surface area contributed by atoms with E-state index in [2.05, 4.69) is 33.8 Å². The molecule has 4 nitrogen and oxygen atoms in total. The molecule has 6 rings (SSSR count). The van der Waals surface area contributed by atoms with Crippen LogP contribution in [0.4, 0.5) is 11.4 Å². The Morgan fingerprint density at radius 3 is 2.58 bits per heavy atom. The smallest absolute Gasteiger partial charge is 0.338 e. The quantitative estimate of drug-likeness (QED) is 0.227. The van der Waals surface area contributed by atoms with Gasteiger partial charge in [-0.15, -0.1) is 0 Å². The Kier molecular flexibility index (Phi) is 6.63. The minimum atomic E-state index is -0.269. The van der Waals surface area contributed by atoms with Gasteiger partial charge in [-0.2, -0.15) is 0 Å². The first-order valence-corrected chi connectivity index (χ1v) is 15.6. The maximum absolute atomic E-state index is 12.9. The van der Waals surface area contributed by atoms with E-state index < -0.39 is 0 Å². The van der Waals surface area contributed by atoms with Crippen molar-refractivity contribution in [3.8, 4) is 0 Å². The number of benzene rings is 1. The van der Waals surface area contributed by atoms with E-state index in [0.29, 0.717) is 27.8 Å². The van der Waals surface area contributed by atoms with Crippen LogP contribution in [-0.2, 0) is 4.74 Å². The first-order chi connectivity index (χ1) is 18.1. The number of esters is 1. The number of ether oxygens (including phenoxy) is 1. The molecule has 1 spiro atoms. The molecule has 5 saturated carbocycles. The van der Waals surface area contributed by atoms with Gasteiger partial charge in [0, 0.05) is 11.4 Å². The van der Waals surface area contributed by atoms with E-state index in [-0.39, 0.29) is 12.1 Å². The summed E-state index contributed by atoms with van der Waals surface area (Å²) in [5, 5.41) is 0. The molecule has 0 radical (unpaired) electrons. The molecular formula is C34H50N2O2. The lowest BCUT2D eigenvalue weighted by Gasteiger charge is -2.72. The van der Waals surface area contributed by atoms with Crippen LogP contribution in [0.5, 0.6) is 0 Å². The highest BCUT2D eigenvalue weighted by Gasteiger charge is 2.70. The number of allylic oxidation sites excluding steroid dienone is 2. The third-order valence-corrected chi connectivity index (χ3v) is 12.5. The molecule has 208 valence electrons. The molecule has 10 unspecified atom stereocenters. The summed E-state index contributed by atoms with van der Waals surface area (Å²) in [4.78, 5) is 12.9. The van der Waals surface area contributed by atoms with Gasteiger partial charge in [0.25, 0.3) is 0 Å². The summed E-state index contributed by atoms with van der Waals surface area (Å²) >= 11 is 0. The number of rotatable bonds is 6. The molecule has 0 saturated heterocycles. The van der Waals surface area contributed by atoms with Gasteiger partial charge in [-0.3, -0.25) is 0 Å². The third-order valence-electron chi connectivity index (χ3n) is 12.5. The Labute approximate surface area is 230 Å². The molecule has 0 amide bonds. The van der Waals surface area contributed by atoms with Crippen LogP contribution < -0.4 is 11.5 Å². The van der Waals surface area contributed by atoms with Gasteiger partial charge in [-0.05, 0) is 155 Å². The summed E-state index contributed by atoms with van der Waals surface area (Å²) in [5.41, 5.74) is 15.9. The molecule has 0 aromatic heterocycles. The number of hydrogen-bond donors (Lipinski definition) is 2. The highest BCUT2D eigenvalue weighted by molar-refractivity contribution is 5.91. The predicted octanol–water partition coefficient (Wildman–Crippen LogP) is 8.03. The second kappa shape index (κ2) is 9.59. The molecule has 38 heavy (non-hydrogen) atoms. The van der Waals surface area contributed by atoms with E-state index in [4.69, 9.17) is 16.2 Å². The van der Waals surface area contributed by atoms with Gasteiger partial charge in [0.1, 0.15) is 6.10 Å². The summed E-state index contributed by atoms with van der Waals surface area (Å²) in [6.45, 7) is 9.73. The Morgan fingerprint density at radius 1 is 1.08 bits per heavy atom. The first kappa shape index (κ1) is 26.3. The van der Waals surface area contributed by atoms with Crippen LogP contribution in [0, 0.1) is 52.3 Å². The monoisotopic (exact) mass is 518 g/mol. The Bertz CT molecular complexity index is 1090. The van der Waals surface area contributed by atoms with Crippen molar-refractivity contribution >= 4 is 17.3 Å². The lowest BCUT2D eigenvalue weighted by atomic mass is 9.33. The number of fused-ring (bicyclic) bond motifs is 2. The van der Waals surface area contributed by atoms with Crippen LogP contribution >= 0.6 is 0 Å². The van der Waals surface area contributed by atoms with E-state index >= 15 is 0 Å². The number of carbonyl (C=O) groups is 1. The standard InChI is InChI=1S/C34H50N2O2/c1-20(2)6-5-7-21(3)29-10-11-30-28-9-8-24-16-27(38-32(37)22-14-25(35)17-26(36)15-22)12-13-34(24)19-23(31(28)34)18-33(29,30)4/h6,14-15,17,21,23-24,27-31H,5,7-13,16,18-19,35-36H2,1-4H3. The average Bonchev–Trinajstić information content (AvgIpc) is 3.19. The van der Waals surface area contributed by atoms with Crippen molar-refractivity contribution in [3.05, 3.63) is 35.4 Å². The van der Waals surface area contributed by atoms with E-state index in [1.807, 2.05) is 0 Å². The van der Waals surface area contributed by atoms with Crippen molar-refractivity contribution in [1.29, 1.82) is 0 Å². The van der Waals surface area contributed by atoms with Gasteiger partial charge in [0.2, 0.25) is 0 Å². The van der Waals surface area contributed by atoms with Gasteiger partial charge < -0.3 is 16.2 Å². The van der Waals surface area contributed by atoms with E-state index in [1.165, 1.54) is 63.4 Å². The lowest BCUT2D eigenvalue weighted by molar-refractivity contribution is -0.239. The molecule has 4 N–H and O–H groups in total. The summed E-state index contributed by atoms with van der Waals surface area (Å²) < 4.78 is 6.05. The molecule has 1 aromatic carbocycles. The highest BCUT2D eigenvalue weighted by Crippen LogP contribution is 2.77. The molecule has 0 bridgehead atoms. The van der Waals surface area contributed by atoms with Crippen LogP contribution in [0.15, 0.2) is 29.8 Å². The van der Waals surface area contributed by atoms with Crippen molar-refractivity contribution < 1.29 is 9.53 Å². The molecule has 5 fully saturated rings. The number of carbonyl (C=O) groups excluding carboxylic acids is 1. The third kappa shape index (κ3) is 4.20. The van der Waals surface area contributed by atoms with E-state index in [0.717, 1.165) is 54.3 Å². The number of nitrogens with two attached hydrogens (primary N) is 2. The zero-order valence-electron chi connectivity index (χ0n) is 24.2. The van der Waals surface area contributed by atoms with Crippen molar-refractivity contribution in [2.24, 2.45) is 52.3 Å². The van der Waals surface area contributed by atoms with Crippen molar-refractivity contribution in [1.82, 2.24) is 0 Å². The molecule has 4 heteroatoms. The molecule has 0 heterocycles. The van der Waals surface area contributed by atoms with Crippen LogP contribution in [0.3, 0.4) is 0 Å². The summed E-state index contributed by atoms with van der Waals surface area (Å²) in [6, 6.07) is 5.04. The van der Waals surface area contributed by atoms with Crippen molar-refractivity contribution in [2.75, 3.05) is 11.5 Å². The molecule has 5 aliphatic rings. The second-order valence-corrected chi connectivity index (χ2v) is 14.7. The zero-order valence-corrected chi connectivity index (χ0v) is 24.2. The predicted molar refractivity (Wildman–Crippen MR) is 155 cm³/mol. The number of hydrogen-bond acceptors (Lipinski definition) is 4. The normalized spacial score (nSPS) is 41.6. The number of anilines is 2. The number of nitrogen functional groups attached to an aromatic ring is 2. The van der Waals surface area contributed by atoms with Crippen LogP contribution in [0.25, 0.3) is 0 Å². The average molecular weight is 519 g/mol. The second-order valence-electron chi connectivity index (χ2n) is 14.7. The Balaban J connectivity index is 1.12.